The van der Waals surface area contributed by atoms with Gasteiger partial charge in [-0.25, -0.2) is 30.6 Å². The zero-order valence-electron chi connectivity index (χ0n) is 11.3. The van der Waals surface area contributed by atoms with Crippen molar-refractivity contribution >= 4 is 18.2 Å². The number of rotatable bonds is 0. The van der Waals surface area contributed by atoms with Crippen LogP contribution in [0.1, 0.15) is 64.2 Å². The Balaban J connectivity index is -0.000000174. The van der Waals surface area contributed by atoms with Crippen LogP contribution < -0.4 is 0 Å². The van der Waals surface area contributed by atoms with Crippen LogP contribution in [0.3, 0.4) is 0 Å². The van der Waals surface area contributed by atoms with Crippen LogP contribution in [-0.2, 0) is 14.4 Å². The lowest BCUT2D eigenvalue weighted by molar-refractivity contribution is 0.562. The maximum Gasteiger partial charge on any atom is 0.231 e. The van der Waals surface area contributed by atoms with E-state index in [2.05, 4.69) is 0 Å². The third-order valence-corrected chi connectivity index (χ3v) is 2.50. The van der Waals surface area contributed by atoms with Crippen molar-refractivity contribution in [1.29, 1.82) is 16.2 Å². The van der Waals surface area contributed by atoms with Crippen LogP contribution in [0.25, 0.3) is 0 Å². The van der Waals surface area contributed by atoms with E-state index in [1.165, 1.54) is 64.2 Å². The lowest BCUT2D eigenvalue weighted by atomic mass is 10.4. The molecule has 0 aliphatic heterocycles. The monoisotopic (exact) mass is 269 g/mol. The zero-order chi connectivity index (χ0) is 15.2. The molecule has 0 amide bonds. The maximum absolute atomic E-state index is 8.35. The van der Waals surface area contributed by atoms with Gasteiger partial charge in [-0.3, -0.25) is 0 Å². The Morgan fingerprint density at radius 2 is 0.474 bits per heavy atom. The summed E-state index contributed by atoms with van der Waals surface area (Å²) in [5.41, 5.74) is 0. The number of hydrogen-bond donors (Lipinski definition) is 3. The molecule has 19 heavy (non-hydrogen) atoms. The van der Waals surface area contributed by atoms with Crippen molar-refractivity contribution in [3.05, 3.63) is 0 Å². The average molecular weight is 269 g/mol. The van der Waals surface area contributed by atoms with E-state index >= 15 is 0 Å². The highest BCUT2D eigenvalue weighted by atomic mass is 16.1. The first-order valence-electron chi connectivity index (χ1n) is 6.36. The number of hydrogen-bond acceptors (Lipinski definition) is 6. The maximum atomic E-state index is 8.35. The molecule has 0 bridgehead atoms. The number of carbonyl (C=O) groups excluding carboxylic acids is 3. The van der Waals surface area contributed by atoms with E-state index in [0.717, 1.165) is 18.2 Å². The smallest absolute Gasteiger partial charge is 0.222 e. The van der Waals surface area contributed by atoms with Crippen molar-refractivity contribution in [2.45, 2.75) is 64.2 Å². The van der Waals surface area contributed by atoms with Crippen LogP contribution in [0, 0.1) is 16.2 Å². The molecule has 2 rings (SSSR count). The van der Waals surface area contributed by atoms with Gasteiger partial charge in [0.2, 0.25) is 18.2 Å². The molecule has 0 aromatic rings. The van der Waals surface area contributed by atoms with Crippen LogP contribution in [0.15, 0.2) is 0 Å². The van der Waals surface area contributed by atoms with E-state index in [1.807, 2.05) is 0 Å². The minimum Gasteiger partial charge on any atom is -0.222 e. The molecule has 2 aliphatic carbocycles. The normalized spacial score (nSPS) is 13.9. The standard InChI is InChI=1S/2C5H10.3CHNO/c2*1-2-4-5-3-1;3*2-1-3/h2*1-5H2;3*2H. The molecule has 2 saturated carbocycles. The van der Waals surface area contributed by atoms with E-state index in [0.29, 0.717) is 0 Å². The van der Waals surface area contributed by atoms with E-state index < -0.39 is 0 Å². The Hall–Kier alpha value is -1.86. The van der Waals surface area contributed by atoms with Gasteiger partial charge >= 0.3 is 0 Å². The third-order valence-electron chi connectivity index (χ3n) is 2.50. The second-order valence-electron chi connectivity index (χ2n) is 3.84. The number of nitrogens with one attached hydrogen (secondary N) is 3. The lowest BCUT2D eigenvalue weighted by Gasteiger charge is -1.67. The fourth-order valence-corrected chi connectivity index (χ4v) is 1.77. The summed E-state index contributed by atoms with van der Waals surface area (Å²) in [5.74, 6) is 0. The molecular weight excluding hydrogens is 246 g/mol. The Labute approximate surface area is 114 Å². The zero-order valence-corrected chi connectivity index (χ0v) is 11.3. The summed E-state index contributed by atoms with van der Waals surface area (Å²) in [6.07, 6.45) is 17.2. The van der Waals surface area contributed by atoms with Gasteiger partial charge in [-0.05, 0) is 0 Å². The van der Waals surface area contributed by atoms with Gasteiger partial charge in [-0.15, -0.1) is 0 Å². The molecule has 6 nitrogen and oxygen atoms in total. The summed E-state index contributed by atoms with van der Waals surface area (Å²) in [4.78, 5) is 25.0. The van der Waals surface area contributed by atoms with Crippen molar-refractivity contribution in [1.82, 2.24) is 0 Å². The molecule has 0 aromatic carbocycles. The molecule has 0 heterocycles. The summed E-state index contributed by atoms with van der Waals surface area (Å²) in [6.45, 7) is 0. The molecule has 0 radical (unpaired) electrons. The minimum atomic E-state index is 0.750. The highest BCUT2D eigenvalue weighted by Gasteiger charge is 1.95. The van der Waals surface area contributed by atoms with Gasteiger partial charge in [0.25, 0.3) is 0 Å². The molecule has 0 unspecified atom stereocenters. The van der Waals surface area contributed by atoms with E-state index in [4.69, 9.17) is 30.6 Å². The lowest BCUT2D eigenvalue weighted by Crippen LogP contribution is -1.47. The van der Waals surface area contributed by atoms with Crippen molar-refractivity contribution in [2.24, 2.45) is 0 Å². The Bertz CT molecular complexity index is 201. The summed E-state index contributed by atoms with van der Waals surface area (Å²) >= 11 is 0. The first-order valence-corrected chi connectivity index (χ1v) is 6.36. The average Bonchev–Trinajstić information content (AvgIpc) is 3.11. The highest BCUT2D eigenvalue weighted by molar-refractivity contribution is 5.26. The van der Waals surface area contributed by atoms with Crippen LogP contribution in [0.4, 0.5) is 0 Å². The van der Waals surface area contributed by atoms with Crippen molar-refractivity contribution in [3.63, 3.8) is 0 Å². The first-order chi connectivity index (χ1) is 9.24. The SMILES string of the molecule is C1CCCC1.C1CCCC1.N=C=O.N=C=O.N=C=O. The van der Waals surface area contributed by atoms with Gasteiger partial charge in [0.15, 0.2) is 0 Å². The van der Waals surface area contributed by atoms with Crippen LogP contribution in [0.5, 0.6) is 0 Å². The Morgan fingerprint density at radius 1 is 0.421 bits per heavy atom. The fraction of sp³-hybridized carbons (Fsp3) is 0.769. The molecule has 0 saturated heterocycles. The van der Waals surface area contributed by atoms with E-state index in [-0.39, 0.29) is 0 Å². The number of isocyanates is 3. The van der Waals surface area contributed by atoms with Crippen LogP contribution >= 0.6 is 0 Å². The molecule has 108 valence electrons. The summed E-state index contributed by atoms with van der Waals surface area (Å²) < 4.78 is 0. The second kappa shape index (κ2) is 29.8. The molecule has 2 fully saturated rings. The van der Waals surface area contributed by atoms with Gasteiger partial charge in [0, 0.05) is 0 Å². The van der Waals surface area contributed by atoms with Gasteiger partial charge in [-0.1, -0.05) is 64.2 Å². The predicted octanol–water partition coefficient (Wildman–Crippen LogP) is 3.60. The van der Waals surface area contributed by atoms with E-state index in [1.54, 1.807) is 0 Å². The van der Waals surface area contributed by atoms with Gasteiger partial charge < -0.3 is 0 Å². The summed E-state index contributed by atoms with van der Waals surface area (Å²) in [6, 6.07) is 0. The van der Waals surface area contributed by atoms with Crippen molar-refractivity contribution in [3.8, 4) is 0 Å². The predicted molar refractivity (Wildman–Crippen MR) is 71.4 cm³/mol. The largest absolute Gasteiger partial charge is 0.231 e. The summed E-state index contributed by atoms with van der Waals surface area (Å²) in [5, 5.41) is 16.2. The Kier molecular flexibility index (Phi) is 35.0. The van der Waals surface area contributed by atoms with Crippen molar-refractivity contribution < 1.29 is 14.4 Å². The molecular formula is C13H23N3O3. The molecule has 0 spiro atoms. The van der Waals surface area contributed by atoms with Gasteiger partial charge in [0.1, 0.15) is 0 Å². The van der Waals surface area contributed by atoms with Crippen LogP contribution in [-0.4, -0.2) is 18.2 Å². The fourth-order valence-electron chi connectivity index (χ4n) is 1.77. The highest BCUT2D eigenvalue weighted by Crippen LogP contribution is 2.15. The molecule has 3 N–H and O–H groups in total. The topological polar surface area (TPSA) is 123 Å². The van der Waals surface area contributed by atoms with Crippen LogP contribution in [0.2, 0.25) is 0 Å². The quantitative estimate of drug-likeness (QED) is 0.459. The molecule has 6 heteroatoms. The first kappa shape index (κ1) is 22.3. The van der Waals surface area contributed by atoms with Gasteiger partial charge in [-0.2, -0.15) is 0 Å². The van der Waals surface area contributed by atoms with Crippen molar-refractivity contribution in [2.75, 3.05) is 0 Å². The van der Waals surface area contributed by atoms with Gasteiger partial charge in [0.05, 0.1) is 0 Å². The second-order valence-corrected chi connectivity index (χ2v) is 3.84. The molecule has 0 atom stereocenters. The minimum absolute atomic E-state index is 0.750. The molecule has 0 aromatic heterocycles. The Morgan fingerprint density at radius 3 is 0.526 bits per heavy atom. The third kappa shape index (κ3) is 48.7. The summed E-state index contributed by atoms with van der Waals surface area (Å²) in [7, 11) is 0. The van der Waals surface area contributed by atoms with E-state index in [9.17, 15) is 0 Å². The molecule has 2 aliphatic rings.